The molecule has 0 spiro atoms. The van der Waals surface area contributed by atoms with Gasteiger partial charge in [0.15, 0.2) is 0 Å². The van der Waals surface area contributed by atoms with E-state index in [2.05, 4.69) is 10.1 Å². The summed E-state index contributed by atoms with van der Waals surface area (Å²) in [5, 5.41) is 5.43. The van der Waals surface area contributed by atoms with E-state index in [1.54, 1.807) is 24.4 Å². The molecule has 0 aliphatic carbocycles. The van der Waals surface area contributed by atoms with Gasteiger partial charge in [-0.1, -0.05) is 40.9 Å². The van der Waals surface area contributed by atoms with Crippen LogP contribution in [0.25, 0.3) is 11.2 Å². The average Bonchev–Trinajstić information content (AvgIpc) is 2.70. The van der Waals surface area contributed by atoms with Gasteiger partial charge in [0.2, 0.25) is 0 Å². The van der Waals surface area contributed by atoms with Crippen LogP contribution in [-0.4, -0.2) is 14.8 Å². The largest absolute Gasteiger partial charge is 0.227 e. The van der Waals surface area contributed by atoms with Crippen molar-refractivity contribution in [2.75, 3.05) is 0 Å². The molecule has 2 aromatic rings. The van der Waals surface area contributed by atoms with Gasteiger partial charge < -0.3 is 0 Å². The Morgan fingerprint density at radius 1 is 1.31 bits per heavy atom. The predicted molar refractivity (Wildman–Crippen MR) is 66.5 cm³/mol. The van der Waals surface area contributed by atoms with Crippen molar-refractivity contribution in [2.45, 2.75) is 0 Å². The second kappa shape index (κ2) is 4.87. The molecular weight excluding hydrogens is 268 g/mol. The lowest BCUT2D eigenvalue weighted by molar-refractivity contribution is 0.936. The van der Waals surface area contributed by atoms with Gasteiger partial charge in [-0.25, -0.2) is 9.67 Å². The zero-order chi connectivity index (χ0) is 11.5. The Morgan fingerprint density at radius 2 is 2.12 bits per heavy atom. The van der Waals surface area contributed by atoms with Gasteiger partial charge in [-0.05, 0) is 12.1 Å². The highest BCUT2D eigenvalue weighted by molar-refractivity contribution is 6.52. The van der Waals surface area contributed by atoms with Crippen molar-refractivity contribution >= 4 is 46.0 Å². The number of nitrogens with zero attached hydrogens (tertiary/aromatic N) is 3. The van der Waals surface area contributed by atoms with Crippen LogP contribution >= 0.6 is 34.8 Å². The smallest absolute Gasteiger partial charge is 0.138 e. The van der Waals surface area contributed by atoms with E-state index >= 15 is 0 Å². The quantitative estimate of drug-likeness (QED) is 0.834. The molecule has 0 aliphatic rings. The van der Waals surface area contributed by atoms with Crippen molar-refractivity contribution in [2.24, 2.45) is 0 Å². The summed E-state index contributed by atoms with van der Waals surface area (Å²) >= 11 is 17.9. The maximum atomic E-state index is 6.10. The lowest BCUT2D eigenvalue weighted by Gasteiger charge is -2.03. The van der Waals surface area contributed by atoms with E-state index in [9.17, 15) is 0 Å². The fourth-order valence-corrected chi connectivity index (χ4v) is 1.98. The lowest BCUT2D eigenvalue weighted by Crippen LogP contribution is -1.88. The van der Waals surface area contributed by atoms with E-state index in [4.69, 9.17) is 34.8 Å². The van der Waals surface area contributed by atoms with Gasteiger partial charge in [0.1, 0.15) is 12.7 Å². The van der Waals surface area contributed by atoms with Crippen LogP contribution in [0, 0.1) is 0 Å². The second-order valence-corrected chi connectivity index (χ2v) is 4.23. The molecule has 82 valence electrons. The van der Waals surface area contributed by atoms with Crippen molar-refractivity contribution in [3.8, 4) is 0 Å². The van der Waals surface area contributed by atoms with Crippen LogP contribution in [0.15, 0.2) is 30.9 Å². The Bertz CT molecular complexity index is 520. The van der Waals surface area contributed by atoms with Crippen LogP contribution in [0.1, 0.15) is 5.56 Å². The molecule has 1 aromatic carbocycles. The summed E-state index contributed by atoms with van der Waals surface area (Å²) in [6, 6.07) is 5.11. The standard InChI is InChI=1S/C10H6Cl3N3/c11-7-1-2-8(9(12)3-7)10(13)4-16-6-14-5-15-16/h1-6H. The molecule has 0 fully saturated rings. The Hall–Kier alpha value is -1.03. The number of halogens is 3. The fourth-order valence-electron chi connectivity index (χ4n) is 1.15. The van der Waals surface area contributed by atoms with E-state index < -0.39 is 0 Å². The van der Waals surface area contributed by atoms with Crippen LogP contribution in [0.4, 0.5) is 0 Å². The van der Waals surface area contributed by atoms with Crippen LogP contribution in [0.5, 0.6) is 0 Å². The topological polar surface area (TPSA) is 30.7 Å². The van der Waals surface area contributed by atoms with Crippen molar-refractivity contribution in [1.29, 1.82) is 0 Å². The molecule has 0 amide bonds. The maximum Gasteiger partial charge on any atom is 0.138 e. The normalized spacial score (nSPS) is 11.8. The second-order valence-electron chi connectivity index (χ2n) is 2.98. The summed E-state index contributed by atoms with van der Waals surface area (Å²) in [4.78, 5) is 3.80. The molecule has 1 heterocycles. The molecule has 0 radical (unpaired) electrons. The highest BCUT2D eigenvalue weighted by Crippen LogP contribution is 2.29. The molecule has 2 rings (SSSR count). The summed E-state index contributed by atoms with van der Waals surface area (Å²) < 4.78 is 1.49. The molecular formula is C10H6Cl3N3. The first-order valence-electron chi connectivity index (χ1n) is 4.33. The number of benzene rings is 1. The zero-order valence-electron chi connectivity index (χ0n) is 7.94. The van der Waals surface area contributed by atoms with Crippen molar-refractivity contribution in [1.82, 2.24) is 14.8 Å². The molecule has 3 nitrogen and oxygen atoms in total. The minimum Gasteiger partial charge on any atom is -0.227 e. The van der Waals surface area contributed by atoms with Crippen molar-refractivity contribution in [3.63, 3.8) is 0 Å². The molecule has 0 saturated carbocycles. The first-order valence-corrected chi connectivity index (χ1v) is 5.47. The van der Waals surface area contributed by atoms with Gasteiger partial charge in [0.05, 0.1) is 10.1 Å². The molecule has 0 saturated heterocycles. The third-order valence-electron chi connectivity index (χ3n) is 1.87. The summed E-state index contributed by atoms with van der Waals surface area (Å²) in [5.74, 6) is 0. The van der Waals surface area contributed by atoms with E-state index in [1.165, 1.54) is 17.3 Å². The molecule has 0 bridgehead atoms. The van der Waals surface area contributed by atoms with Gasteiger partial charge in [0, 0.05) is 16.8 Å². The minimum absolute atomic E-state index is 0.465. The van der Waals surface area contributed by atoms with Gasteiger partial charge >= 0.3 is 0 Å². The molecule has 0 aliphatic heterocycles. The van der Waals surface area contributed by atoms with Gasteiger partial charge in [-0.2, -0.15) is 5.10 Å². The van der Waals surface area contributed by atoms with E-state index in [0.717, 1.165) is 0 Å². The van der Waals surface area contributed by atoms with E-state index in [0.29, 0.717) is 20.6 Å². The average molecular weight is 275 g/mol. The maximum absolute atomic E-state index is 6.10. The number of hydrogen-bond donors (Lipinski definition) is 0. The SMILES string of the molecule is ClC(=Cn1cncn1)c1ccc(Cl)cc1Cl. The molecule has 0 N–H and O–H groups in total. The Labute approximate surface area is 107 Å². The van der Waals surface area contributed by atoms with Gasteiger partial charge in [-0.3, -0.25) is 0 Å². The molecule has 16 heavy (non-hydrogen) atoms. The predicted octanol–water partition coefficient (Wildman–Crippen LogP) is 3.78. The highest BCUT2D eigenvalue weighted by atomic mass is 35.5. The molecule has 6 heteroatoms. The minimum atomic E-state index is 0.465. The first-order chi connectivity index (χ1) is 7.66. The molecule has 0 atom stereocenters. The summed E-state index contributed by atoms with van der Waals surface area (Å²) in [6.07, 6.45) is 4.57. The Balaban J connectivity index is 2.37. The number of rotatable bonds is 2. The van der Waals surface area contributed by atoms with Gasteiger partial charge in [-0.15, -0.1) is 0 Å². The number of hydrogen-bond acceptors (Lipinski definition) is 2. The fraction of sp³-hybridized carbons (Fsp3) is 0. The summed E-state index contributed by atoms with van der Waals surface area (Å²) in [7, 11) is 0. The van der Waals surface area contributed by atoms with E-state index in [1.807, 2.05) is 0 Å². The third-order valence-corrected chi connectivity index (χ3v) is 2.72. The molecule has 1 aromatic heterocycles. The Kier molecular flexibility index (Phi) is 3.49. The van der Waals surface area contributed by atoms with E-state index in [-0.39, 0.29) is 0 Å². The van der Waals surface area contributed by atoms with Crippen molar-refractivity contribution < 1.29 is 0 Å². The van der Waals surface area contributed by atoms with Crippen LogP contribution in [-0.2, 0) is 0 Å². The monoisotopic (exact) mass is 273 g/mol. The zero-order valence-corrected chi connectivity index (χ0v) is 10.2. The van der Waals surface area contributed by atoms with Crippen molar-refractivity contribution in [3.05, 3.63) is 46.5 Å². The first kappa shape index (κ1) is 11.5. The summed E-state index contributed by atoms with van der Waals surface area (Å²) in [6.45, 7) is 0. The lowest BCUT2D eigenvalue weighted by atomic mass is 10.2. The van der Waals surface area contributed by atoms with Gasteiger partial charge in [0.25, 0.3) is 0 Å². The van der Waals surface area contributed by atoms with Crippen LogP contribution < -0.4 is 0 Å². The molecule has 0 unspecified atom stereocenters. The van der Waals surface area contributed by atoms with Crippen LogP contribution in [0.2, 0.25) is 10.0 Å². The number of aromatic nitrogens is 3. The van der Waals surface area contributed by atoms with Crippen LogP contribution in [0.3, 0.4) is 0 Å². The Morgan fingerprint density at radius 3 is 2.75 bits per heavy atom. The third kappa shape index (κ3) is 2.55. The highest BCUT2D eigenvalue weighted by Gasteiger charge is 2.05. The summed E-state index contributed by atoms with van der Waals surface area (Å²) in [5.41, 5.74) is 0.697.